The maximum Gasteiger partial charge on any atom is 0.260 e. The fourth-order valence-electron chi connectivity index (χ4n) is 5.63. The molecular weight excluding hydrogens is 470 g/mol. The Morgan fingerprint density at radius 3 is 2.58 bits per heavy atom. The number of nitrogens with zero attached hydrogens (tertiary/aromatic N) is 3. The summed E-state index contributed by atoms with van der Waals surface area (Å²) >= 11 is 1.68. The Balaban J connectivity index is 1.18. The fraction of sp³-hybridized carbons (Fsp3) is 0.448. The van der Waals surface area contributed by atoms with Gasteiger partial charge in [0.05, 0.1) is 12.0 Å². The number of methoxy groups -OCH3 is 1. The Morgan fingerprint density at radius 1 is 1.06 bits per heavy atom. The average molecular weight is 506 g/mol. The molecule has 0 radical (unpaired) electrons. The third kappa shape index (κ3) is 5.47. The predicted molar refractivity (Wildman–Crippen MR) is 145 cm³/mol. The normalized spacial score (nSPS) is 26.1. The predicted octanol–water partition coefficient (Wildman–Crippen LogP) is 4.12. The number of rotatable bonds is 5. The van der Waals surface area contributed by atoms with Gasteiger partial charge in [-0.1, -0.05) is 42.5 Å². The van der Waals surface area contributed by atoms with Gasteiger partial charge in [-0.25, -0.2) is 0 Å². The fourth-order valence-corrected chi connectivity index (χ4v) is 7.11. The van der Waals surface area contributed by atoms with Gasteiger partial charge in [0.25, 0.3) is 5.91 Å². The first-order valence-electron chi connectivity index (χ1n) is 12.9. The molecule has 5 rings (SSSR count). The monoisotopic (exact) mass is 505 g/mol. The summed E-state index contributed by atoms with van der Waals surface area (Å²) in [4.78, 5) is 33.8. The number of piperazine rings is 1. The Bertz CT molecular complexity index is 1110. The molecule has 2 amide bonds. The summed E-state index contributed by atoms with van der Waals surface area (Å²) in [5.74, 6) is 1.11. The van der Waals surface area contributed by atoms with Crippen molar-refractivity contribution in [1.82, 2.24) is 14.7 Å². The van der Waals surface area contributed by atoms with Gasteiger partial charge in [0.15, 0.2) is 0 Å². The zero-order valence-corrected chi connectivity index (χ0v) is 22.0. The quantitative estimate of drug-likeness (QED) is 0.572. The van der Waals surface area contributed by atoms with Crippen LogP contribution in [0.2, 0.25) is 0 Å². The van der Waals surface area contributed by atoms with Crippen molar-refractivity contribution in [3.05, 3.63) is 70.6 Å². The molecule has 36 heavy (non-hydrogen) atoms. The van der Waals surface area contributed by atoms with Crippen LogP contribution in [0.1, 0.15) is 30.4 Å². The molecule has 1 aliphatic carbocycles. The van der Waals surface area contributed by atoms with Crippen molar-refractivity contribution >= 4 is 29.7 Å². The van der Waals surface area contributed by atoms with Crippen molar-refractivity contribution in [2.45, 2.75) is 37.1 Å². The van der Waals surface area contributed by atoms with Gasteiger partial charge in [-0.05, 0) is 48.6 Å². The molecule has 3 atom stereocenters. The number of carbonyl (C=O) groups excluding carboxylic acids is 2. The van der Waals surface area contributed by atoms with Gasteiger partial charge < -0.3 is 14.5 Å². The van der Waals surface area contributed by atoms with Crippen molar-refractivity contribution in [3.63, 3.8) is 0 Å². The van der Waals surface area contributed by atoms with E-state index >= 15 is 0 Å². The minimum atomic E-state index is 0.00619. The molecule has 2 aromatic rings. The topological polar surface area (TPSA) is 53.1 Å². The van der Waals surface area contributed by atoms with Crippen LogP contribution in [0.4, 0.5) is 0 Å². The third-order valence-electron chi connectivity index (χ3n) is 7.74. The van der Waals surface area contributed by atoms with Crippen molar-refractivity contribution in [3.8, 4) is 5.75 Å². The maximum absolute atomic E-state index is 13.4. The van der Waals surface area contributed by atoms with E-state index in [9.17, 15) is 9.59 Å². The Morgan fingerprint density at radius 2 is 1.83 bits per heavy atom. The molecule has 2 saturated heterocycles. The lowest BCUT2D eigenvalue weighted by atomic mass is 9.83. The molecule has 7 heteroatoms. The molecule has 3 unspecified atom stereocenters. The molecule has 0 bridgehead atoms. The first-order valence-corrected chi connectivity index (χ1v) is 13.7. The van der Waals surface area contributed by atoms with E-state index in [4.69, 9.17) is 4.74 Å². The van der Waals surface area contributed by atoms with Crippen molar-refractivity contribution < 1.29 is 14.3 Å². The summed E-state index contributed by atoms with van der Waals surface area (Å²) in [5.41, 5.74) is 2.28. The first kappa shape index (κ1) is 24.9. The van der Waals surface area contributed by atoms with Gasteiger partial charge in [-0.3, -0.25) is 14.5 Å². The number of amides is 2. The number of carbonyl (C=O) groups is 2. The van der Waals surface area contributed by atoms with E-state index in [-0.39, 0.29) is 23.8 Å². The average Bonchev–Trinajstić information content (AvgIpc) is 2.92. The van der Waals surface area contributed by atoms with E-state index in [1.807, 2.05) is 48.4 Å². The van der Waals surface area contributed by atoms with Crippen LogP contribution >= 0.6 is 11.8 Å². The van der Waals surface area contributed by atoms with E-state index in [1.54, 1.807) is 18.9 Å². The van der Waals surface area contributed by atoms with E-state index in [2.05, 4.69) is 34.1 Å². The molecule has 6 nitrogen and oxygen atoms in total. The summed E-state index contributed by atoms with van der Waals surface area (Å²) in [6.45, 7) is 4.32. The molecular formula is C29H35N3O3S. The van der Waals surface area contributed by atoms with Crippen molar-refractivity contribution in [1.29, 1.82) is 0 Å². The highest BCUT2D eigenvalue weighted by atomic mass is 32.2. The zero-order valence-electron chi connectivity index (χ0n) is 21.1. The highest BCUT2D eigenvalue weighted by Gasteiger charge is 2.43. The highest BCUT2D eigenvalue weighted by Crippen LogP contribution is 2.43. The Kier molecular flexibility index (Phi) is 7.67. The zero-order chi connectivity index (χ0) is 25.1. The van der Waals surface area contributed by atoms with Crippen LogP contribution in [0.5, 0.6) is 5.75 Å². The van der Waals surface area contributed by atoms with E-state index in [0.29, 0.717) is 5.25 Å². The maximum atomic E-state index is 13.4. The smallest absolute Gasteiger partial charge is 0.260 e. The van der Waals surface area contributed by atoms with E-state index in [0.717, 1.165) is 68.2 Å². The summed E-state index contributed by atoms with van der Waals surface area (Å²) in [6.07, 6.45) is 4.57. The van der Waals surface area contributed by atoms with Crippen LogP contribution in [-0.4, -0.2) is 78.1 Å². The van der Waals surface area contributed by atoms with Gasteiger partial charge in [0.1, 0.15) is 5.75 Å². The molecule has 0 spiro atoms. The highest BCUT2D eigenvalue weighted by molar-refractivity contribution is 8.04. The Labute approximate surface area is 218 Å². The van der Waals surface area contributed by atoms with Gasteiger partial charge in [0, 0.05) is 57.0 Å². The molecule has 2 aromatic carbocycles. The summed E-state index contributed by atoms with van der Waals surface area (Å²) in [7, 11) is 3.55. The van der Waals surface area contributed by atoms with Crippen molar-refractivity contribution in [2.24, 2.45) is 5.92 Å². The number of thioether (sulfide) groups is 1. The van der Waals surface area contributed by atoms with Gasteiger partial charge in [0.2, 0.25) is 5.91 Å². The minimum Gasteiger partial charge on any atom is -0.497 e. The molecule has 3 aliphatic rings. The second kappa shape index (κ2) is 11.1. The lowest BCUT2D eigenvalue weighted by molar-refractivity contribution is -0.140. The lowest BCUT2D eigenvalue weighted by Crippen LogP contribution is -2.54. The van der Waals surface area contributed by atoms with Gasteiger partial charge in [-0.2, -0.15) is 0 Å². The van der Waals surface area contributed by atoms with Gasteiger partial charge in [-0.15, -0.1) is 11.8 Å². The first-order chi connectivity index (χ1) is 17.5. The summed E-state index contributed by atoms with van der Waals surface area (Å²) < 4.78 is 5.32. The van der Waals surface area contributed by atoms with Crippen LogP contribution in [0, 0.1) is 5.92 Å². The molecule has 190 valence electrons. The number of hydrogen-bond donors (Lipinski definition) is 0. The minimum absolute atomic E-state index is 0.00619. The number of hydrogen-bond acceptors (Lipinski definition) is 5. The Hall–Kier alpha value is -2.77. The molecule has 3 fully saturated rings. The third-order valence-corrected chi connectivity index (χ3v) is 9.13. The molecule has 2 heterocycles. The van der Waals surface area contributed by atoms with E-state index < -0.39 is 0 Å². The number of fused-ring (bicyclic) bond motifs is 1. The van der Waals surface area contributed by atoms with Crippen LogP contribution in [0.15, 0.2) is 59.5 Å². The number of likely N-dealkylation sites (N-methyl/N-ethyl adjacent to an activating group) is 1. The second-order valence-electron chi connectivity index (χ2n) is 10.0. The standard InChI is InChI=1S/C29H35N3O3S/c1-30-25-19-23(28(33)32-15-13-31(14-16-32)20-21-7-4-3-5-8-21)11-12-26(25)36-27(29(30)34)18-22-9-6-10-24(17-22)35-2/h3-10,17-18,23,25-26H,11-16,19-20H2,1-2H3/b27-18-. The van der Waals surface area contributed by atoms with Gasteiger partial charge >= 0.3 is 0 Å². The van der Waals surface area contributed by atoms with Crippen LogP contribution in [0.25, 0.3) is 6.08 Å². The summed E-state index contributed by atoms with van der Waals surface area (Å²) in [5, 5.41) is 0.330. The number of benzene rings is 2. The second-order valence-corrected chi connectivity index (χ2v) is 11.3. The van der Waals surface area contributed by atoms with Crippen LogP contribution in [0.3, 0.4) is 0 Å². The molecule has 0 N–H and O–H groups in total. The molecule has 1 saturated carbocycles. The SMILES string of the molecule is COc1cccc(/C=C2\SC3CCC(C(=O)N4CCN(Cc5ccccc5)CC4)CC3N(C)C2=O)c1. The van der Waals surface area contributed by atoms with E-state index in [1.165, 1.54) is 5.56 Å². The largest absolute Gasteiger partial charge is 0.497 e. The van der Waals surface area contributed by atoms with Crippen LogP contribution < -0.4 is 4.74 Å². The molecule has 2 aliphatic heterocycles. The summed E-state index contributed by atoms with van der Waals surface area (Å²) in [6, 6.07) is 18.4. The van der Waals surface area contributed by atoms with Crippen LogP contribution in [-0.2, 0) is 16.1 Å². The number of ether oxygens (including phenoxy) is 1. The molecule has 0 aromatic heterocycles. The lowest BCUT2D eigenvalue weighted by Gasteiger charge is -2.45. The van der Waals surface area contributed by atoms with Crippen molar-refractivity contribution in [2.75, 3.05) is 40.3 Å².